The van der Waals surface area contributed by atoms with E-state index in [2.05, 4.69) is 11.4 Å². The number of rotatable bonds is 8. The average Bonchev–Trinajstić information content (AvgIpc) is 2.63. The molecule has 1 amide bonds. The Morgan fingerprint density at radius 2 is 1.76 bits per heavy atom. The van der Waals surface area contributed by atoms with E-state index in [1.54, 1.807) is 0 Å². The van der Waals surface area contributed by atoms with Crippen molar-refractivity contribution in [3.8, 4) is 17.6 Å². The number of ether oxygens (including phenoxy) is 2. The van der Waals surface area contributed by atoms with Gasteiger partial charge < -0.3 is 14.8 Å². The van der Waals surface area contributed by atoms with Crippen LogP contribution >= 0.6 is 0 Å². The van der Waals surface area contributed by atoms with Gasteiger partial charge in [0.1, 0.15) is 17.5 Å². The molecule has 0 radical (unpaired) electrons. The molecule has 0 spiro atoms. The number of amides is 1. The molecular weight excluding hydrogens is 316 g/mol. The second kappa shape index (κ2) is 8.93. The van der Waals surface area contributed by atoms with E-state index in [-0.39, 0.29) is 5.91 Å². The molecule has 0 bridgehead atoms. The summed E-state index contributed by atoms with van der Waals surface area (Å²) < 4.78 is 11.4. The number of nitrogens with one attached hydrogen (secondary N) is 1. The van der Waals surface area contributed by atoms with Crippen LogP contribution in [0.4, 0.5) is 0 Å². The molecule has 2 rings (SSSR count). The summed E-state index contributed by atoms with van der Waals surface area (Å²) in [5, 5.41) is 13.8. The Labute approximate surface area is 148 Å². The lowest BCUT2D eigenvalue weighted by Crippen LogP contribution is -2.42. The minimum absolute atomic E-state index is 0.265. The van der Waals surface area contributed by atoms with Crippen molar-refractivity contribution in [3.63, 3.8) is 0 Å². The van der Waals surface area contributed by atoms with E-state index in [4.69, 9.17) is 14.7 Å². The van der Waals surface area contributed by atoms with Gasteiger partial charge >= 0.3 is 0 Å². The number of carbonyl (C=O) groups is 1. The highest BCUT2D eigenvalue weighted by atomic mass is 16.5. The number of benzene rings is 2. The number of carbonyl (C=O) groups excluding carboxylic acids is 1. The van der Waals surface area contributed by atoms with Crippen LogP contribution in [-0.2, 0) is 4.79 Å². The molecule has 0 saturated carbocycles. The van der Waals surface area contributed by atoms with E-state index in [9.17, 15) is 4.79 Å². The standard InChI is InChI=1S/C20H24N2O3/c1-4-16(13-21)22-20(23)19(5-2)25-18-10-8-14-7-9-17(24-6-3)11-15(14)12-18/h7-12,16,19H,4-6H2,1-3H3,(H,22,23). The molecule has 2 aromatic rings. The van der Waals surface area contributed by atoms with Gasteiger partial charge in [0, 0.05) is 0 Å². The van der Waals surface area contributed by atoms with Gasteiger partial charge in [0.05, 0.1) is 12.7 Å². The third-order valence-electron chi connectivity index (χ3n) is 3.92. The number of hydrogen-bond acceptors (Lipinski definition) is 4. The van der Waals surface area contributed by atoms with Crippen molar-refractivity contribution in [2.75, 3.05) is 6.61 Å². The average molecular weight is 340 g/mol. The fraction of sp³-hybridized carbons (Fsp3) is 0.400. The second-order valence-electron chi connectivity index (χ2n) is 5.72. The van der Waals surface area contributed by atoms with Gasteiger partial charge in [-0.15, -0.1) is 0 Å². The molecule has 5 heteroatoms. The van der Waals surface area contributed by atoms with Crippen LogP contribution in [-0.4, -0.2) is 24.7 Å². The Morgan fingerprint density at radius 1 is 1.08 bits per heavy atom. The third kappa shape index (κ3) is 4.87. The molecule has 0 aliphatic rings. The minimum Gasteiger partial charge on any atom is -0.494 e. The molecule has 5 nitrogen and oxygen atoms in total. The van der Waals surface area contributed by atoms with Crippen molar-refractivity contribution < 1.29 is 14.3 Å². The number of hydrogen-bond donors (Lipinski definition) is 1. The summed E-state index contributed by atoms with van der Waals surface area (Å²) in [6.45, 7) is 6.29. The maximum absolute atomic E-state index is 12.3. The minimum atomic E-state index is -0.630. The summed E-state index contributed by atoms with van der Waals surface area (Å²) in [6, 6.07) is 13.2. The van der Waals surface area contributed by atoms with Crippen molar-refractivity contribution >= 4 is 16.7 Å². The van der Waals surface area contributed by atoms with Gasteiger partial charge in [0.2, 0.25) is 0 Å². The normalized spacial score (nSPS) is 12.9. The van der Waals surface area contributed by atoms with Gasteiger partial charge in [-0.2, -0.15) is 5.26 Å². The summed E-state index contributed by atoms with van der Waals surface area (Å²) in [5.74, 6) is 1.16. The summed E-state index contributed by atoms with van der Waals surface area (Å²) >= 11 is 0. The maximum atomic E-state index is 12.3. The van der Waals surface area contributed by atoms with Crippen LogP contribution in [0.25, 0.3) is 10.8 Å². The molecule has 132 valence electrons. The quantitative estimate of drug-likeness (QED) is 0.793. The molecule has 0 fully saturated rings. The molecule has 1 N–H and O–H groups in total. The fourth-order valence-electron chi connectivity index (χ4n) is 2.51. The van der Waals surface area contributed by atoms with Crippen molar-refractivity contribution in [2.45, 2.75) is 45.8 Å². The molecular formula is C20H24N2O3. The first-order chi connectivity index (χ1) is 12.1. The Bertz CT molecular complexity index is 767. The predicted molar refractivity (Wildman–Crippen MR) is 97.7 cm³/mol. The molecule has 0 heterocycles. The largest absolute Gasteiger partial charge is 0.494 e. The van der Waals surface area contributed by atoms with Gasteiger partial charge in [-0.1, -0.05) is 26.0 Å². The SMILES string of the molecule is CCOc1ccc2ccc(OC(CC)C(=O)NC(C#N)CC)cc2c1. The monoisotopic (exact) mass is 340 g/mol. The van der Waals surface area contributed by atoms with Crippen LogP contribution in [0.15, 0.2) is 36.4 Å². The van der Waals surface area contributed by atoms with E-state index in [1.807, 2.05) is 57.2 Å². The van der Waals surface area contributed by atoms with E-state index in [0.717, 1.165) is 16.5 Å². The first-order valence-corrected chi connectivity index (χ1v) is 8.64. The zero-order chi connectivity index (χ0) is 18.2. The fourth-order valence-corrected chi connectivity index (χ4v) is 2.51. The number of nitriles is 1. The van der Waals surface area contributed by atoms with Gasteiger partial charge in [0.15, 0.2) is 6.10 Å². The maximum Gasteiger partial charge on any atom is 0.262 e. The lowest BCUT2D eigenvalue weighted by Gasteiger charge is -2.19. The van der Waals surface area contributed by atoms with Crippen LogP contribution in [0.1, 0.15) is 33.6 Å². The van der Waals surface area contributed by atoms with E-state index >= 15 is 0 Å². The Morgan fingerprint density at radius 3 is 2.36 bits per heavy atom. The predicted octanol–water partition coefficient (Wildman–Crippen LogP) is 3.81. The molecule has 0 aliphatic heterocycles. The summed E-state index contributed by atoms with van der Waals surface area (Å²) in [7, 11) is 0. The molecule has 25 heavy (non-hydrogen) atoms. The van der Waals surface area contributed by atoms with E-state index in [1.165, 1.54) is 0 Å². The molecule has 0 aliphatic carbocycles. The van der Waals surface area contributed by atoms with Crippen LogP contribution < -0.4 is 14.8 Å². The Kier molecular flexibility index (Phi) is 6.64. The second-order valence-corrected chi connectivity index (χ2v) is 5.72. The van der Waals surface area contributed by atoms with Crippen molar-refractivity contribution in [2.24, 2.45) is 0 Å². The number of fused-ring (bicyclic) bond motifs is 1. The number of nitrogens with zero attached hydrogens (tertiary/aromatic N) is 1. The smallest absolute Gasteiger partial charge is 0.262 e. The highest BCUT2D eigenvalue weighted by molar-refractivity contribution is 5.86. The van der Waals surface area contributed by atoms with E-state index in [0.29, 0.717) is 25.2 Å². The van der Waals surface area contributed by atoms with Crippen molar-refractivity contribution in [1.29, 1.82) is 5.26 Å². The lowest BCUT2D eigenvalue weighted by atomic mass is 10.1. The molecule has 2 aromatic carbocycles. The molecule has 2 atom stereocenters. The van der Waals surface area contributed by atoms with E-state index < -0.39 is 12.1 Å². The van der Waals surface area contributed by atoms with Crippen LogP contribution in [0.5, 0.6) is 11.5 Å². The zero-order valence-corrected chi connectivity index (χ0v) is 14.9. The lowest BCUT2D eigenvalue weighted by molar-refractivity contribution is -0.128. The van der Waals surface area contributed by atoms with Gasteiger partial charge in [-0.25, -0.2) is 0 Å². The van der Waals surface area contributed by atoms with Crippen molar-refractivity contribution in [3.05, 3.63) is 36.4 Å². The van der Waals surface area contributed by atoms with Gasteiger partial charge in [-0.05, 0) is 54.8 Å². The molecule has 0 aromatic heterocycles. The first-order valence-electron chi connectivity index (χ1n) is 8.64. The molecule has 2 unspecified atom stereocenters. The zero-order valence-electron chi connectivity index (χ0n) is 14.9. The van der Waals surface area contributed by atoms with Crippen LogP contribution in [0.2, 0.25) is 0 Å². The summed E-state index contributed by atoms with van der Waals surface area (Å²) in [5.41, 5.74) is 0. The Hall–Kier alpha value is -2.74. The van der Waals surface area contributed by atoms with Gasteiger partial charge in [-0.3, -0.25) is 4.79 Å². The molecule has 0 saturated heterocycles. The van der Waals surface area contributed by atoms with Crippen molar-refractivity contribution in [1.82, 2.24) is 5.32 Å². The van der Waals surface area contributed by atoms with Crippen LogP contribution in [0, 0.1) is 11.3 Å². The highest BCUT2D eigenvalue weighted by Gasteiger charge is 2.21. The summed E-state index contributed by atoms with van der Waals surface area (Å²) in [6.07, 6.45) is 0.453. The highest BCUT2D eigenvalue weighted by Crippen LogP contribution is 2.26. The Balaban J connectivity index is 2.16. The topological polar surface area (TPSA) is 71.3 Å². The van der Waals surface area contributed by atoms with Crippen LogP contribution in [0.3, 0.4) is 0 Å². The summed E-state index contributed by atoms with van der Waals surface area (Å²) in [4.78, 5) is 12.3. The van der Waals surface area contributed by atoms with Gasteiger partial charge in [0.25, 0.3) is 5.91 Å². The first kappa shape index (κ1) is 18.6. The third-order valence-corrected chi connectivity index (χ3v) is 3.92.